The average Bonchev–Trinajstić information content (AvgIpc) is 3.39. The van der Waals surface area contributed by atoms with Crippen molar-refractivity contribution in [2.24, 2.45) is 0 Å². The first-order chi connectivity index (χ1) is 16.7. The van der Waals surface area contributed by atoms with Crippen LogP contribution in [0.5, 0.6) is 0 Å². The Hall–Kier alpha value is -4.13. The average molecular weight is 450 g/mol. The Morgan fingerprint density at radius 3 is 2.76 bits per heavy atom. The molecule has 2 N–H and O–H groups in total. The number of benzene rings is 2. The molecule has 34 heavy (non-hydrogen) atoms. The minimum absolute atomic E-state index is 0.112. The van der Waals surface area contributed by atoms with E-state index in [1.807, 2.05) is 35.0 Å². The van der Waals surface area contributed by atoms with Crippen molar-refractivity contribution >= 4 is 44.0 Å². The number of aromatic amines is 2. The third-order valence-corrected chi connectivity index (χ3v) is 7.14. The molecule has 0 unspecified atom stereocenters. The molecule has 1 aliphatic carbocycles. The zero-order valence-corrected chi connectivity index (χ0v) is 18.4. The van der Waals surface area contributed by atoms with Gasteiger partial charge >= 0.3 is 0 Å². The number of fused-ring (bicyclic) bond motifs is 5. The maximum absolute atomic E-state index is 13.4. The van der Waals surface area contributed by atoms with Gasteiger partial charge in [-0.15, -0.1) is 0 Å². The van der Waals surface area contributed by atoms with Crippen molar-refractivity contribution < 1.29 is 4.42 Å². The van der Waals surface area contributed by atoms with Gasteiger partial charge in [0, 0.05) is 28.6 Å². The van der Waals surface area contributed by atoms with Crippen LogP contribution in [0.25, 0.3) is 55.1 Å². The van der Waals surface area contributed by atoms with E-state index in [1.165, 1.54) is 12.5 Å². The number of hydrogen-bond acceptors (Lipinski definition) is 4. The van der Waals surface area contributed by atoms with Gasteiger partial charge in [0.15, 0.2) is 11.0 Å². The Morgan fingerprint density at radius 1 is 1.00 bits per heavy atom. The normalized spacial score (nSPS) is 15.2. The lowest BCUT2D eigenvalue weighted by molar-refractivity contribution is 0.335. The zero-order valence-electron chi connectivity index (χ0n) is 18.4. The smallest absolute Gasteiger partial charge is 0.274 e. The summed E-state index contributed by atoms with van der Waals surface area (Å²) in [5, 5.41) is 5.49. The molecular weight excluding hydrogens is 428 g/mol. The lowest BCUT2D eigenvalue weighted by atomic mass is 9.95. The standard InChI is InChI=1S/C27H22N4O3/c32-18-9-10-19-21(14-18)34-25-22(16-8-11-20-15(13-16)5-4-12-28-20)23-26(29-24(19)25)31(30-27(23)33)17-6-2-1-3-7-17/h4-5,8-14,17,29H,1-3,6-7H2,(H,30,33). The van der Waals surface area contributed by atoms with Crippen molar-refractivity contribution in [3.8, 4) is 11.1 Å². The molecule has 1 fully saturated rings. The molecule has 0 saturated heterocycles. The van der Waals surface area contributed by atoms with E-state index in [1.54, 1.807) is 18.3 Å². The predicted octanol–water partition coefficient (Wildman–Crippen LogP) is 5.64. The summed E-state index contributed by atoms with van der Waals surface area (Å²) >= 11 is 0. The Balaban J connectivity index is 1.63. The van der Waals surface area contributed by atoms with E-state index >= 15 is 0 Å². The first kappa shape index (κ1) is 19.3. The molecule has 7 heteroatoms. The molecular formula is C27H22N4O3. The van der Waals surface area contributed by atoms with Crippen LogP contribution in [-0.4, -0.2) is 19.7 Å². The van der Waals surface area contributed by atoms with E-state index in [4.69, 9.17) is 4.42 Å². The quantitative estimate of drug-likeness (QED) is 0.357. The van der Waals surface area contributed by atoms with E-state index in [0.717, 1.165) is 64.3 Å². The first-order valence-electron chi connectivity index (χ1n) is 11.8. The second kappa shape index (κ2) is 7.18. The summed E-state index contributed by atoms with van der Waals surface area (Å²) < 4.78 is 8.26. The molecule has 7 nitrogen and oxygen atoms in total. The molecule has 0 radical (unpaired) electrons. The molecule has 0 amide bonds. The summed E-state index contributed by atoms with van der Waals surface area (Å²) in [5.74, 6) is 0. The highest BCUT2D eigenvalue weighted by Crippen LogP contribution is 2.40. The van der Waals surface area contributed by atoms with E-state index < -0.39 is 0 Å². The minimum Gasteiger partial charge on any atom is -0.454 e. The van der Waals surface area contributed by atoms with Crippen LogP contribution in [0, 0.1) is 0 Å². The van der Waals surface area contributed by atoms with Crippen molar-refractivity contribution in [1.29, 1.82) is 0 Å². The summed E-state index contributed by atoms with van der Waals surface area (Å²) in [6.45, 7) is 0. The minimum atomic E-state index is -0.148. The van der Waals surface area contributed by atoms with Gasteiger partial charge in [0.05, 0.1) is 22.5 Å². The Labute approximate surface area is 193 Å². The molecule has 168 valence electrons. The highest BCUT2D eigenvalue weighted by molar-refractivity contribution is 6.14. The molecule has 2 aromatic carbocycles. The summed E-state index contributed by atoms with van der Waals surface area (Å²) in [7, 11) is 0. The zero-order chi connectivity index (χ0) is 22.8. The van der Waals surface area contributed by atoms with Crippen LogP contribution in [-0.2, 0) is 0 Å². The van der Waals surface area contributed by atoms with Gasteiger partial charge < -0.3 is 9.40 Å². The number of nitrogens with zero attached hydrogens (tertiary/aromatic N) is 2. The Bertz CT molecular complexity index is 1850. The van der Waals surface area contributed by atoms with Gasteiger partial charge in [0.2, 0.25) is 0 Å². The number of rotatable bonds is 2. The molecule has 1 saturated carbocycles. The molecule has 7 rings (SSSR count). The molecule has 4 aromatic heterocycles. The van der Waals surface area contributed by atoms with Crippen molar-refractivity contribution in [2.75, 3.05) is 0 Å². The lowest BCUT2D eigenvalue weighted by Gasteiger charge is -2.23. The molecule has 1 aliphatic rings. The van der Waals surface area contributed by atoms with Crippen molar-refractivity contribution in [2.45, 2.75) is 38.1 Å². The van der Waals surface area contributed by atoms with Crippen LogP contribution in [0.3, 0.4) is 0 Å². The van der Waals surface area contributed by atoms with E-state index in [2.05, 4.69) is 15.1 Å². The van der Waals surface area contributed by atoms with Crippen molar-refractivity contribution in [1.82, 2.24) is 19.7 Å². The van der Waals surface area contributed by atoms with Gasteiger partial charge in [-0.1, -0.05) is 31.4 Å². The Kier molecular flexibility index (Phi) is 4.09. The highest BCUT2D eigenvalue weighted by atomic mass is 16.3. The monoisotopic (exact) mass is 450 g/mol. The number of H-pyrrole nitrogens is 2. The lowest BCUT2D eigenvalue weighted by Crippen LogP contribution is -2.16. The summed E-state index contributed by atoms with van der Waals surface area (Å²) in [4.78, 5) is 33.4. The number of furan rings is 1. The van der Waals surface area contributed by atoms with Gasteiger partial charge in [0.1, 0.15) is 11.2 Å². The summed E-state index contributed by atoms with van der Waals surface area (Å²) in [6, 6.07) is 15.0. The van der Waals surface area contributed by atoms with Crippen LogP contribution in [0.4, 0.5) is 0 Å². The van der Waals surface area contributed by atoms with Gasteiger partial charge in [0.25, 0.3) is 5.56 Å². The fraction of sp³-hybridized carbons (Fsp3) is 0.222. The van der Waals surface area contributed by atoms with E-state index in [0.29, 0.717) is 16.6 Å². The van der Waals surface area contributed by atoms with Gasteiger partial charge in [-0.05, 0) is 48.7 Å². The van der Waals surface area contributed by atoms with Gasteiger partial charge in [-0.2, -0.15) is 0 Å². The number of hydrogen-bond donors (Lipinski definition) is 2. The molecule has 0 aliphatic heterocycles. The maximum atomic E-state index is 13.4. The van der Waals surface area contributed by atoms with Crippen molar-refractivity contribution in [3.05, 3.63) is 75.3 Å². The van der Waals surface area contributed by atoms with Crippen LogP contribution in [0.1, 0.15) is 38.1 Å². The Morgan fingerprint density at radius 2 is 1.88 bits per heavy atom. The van der Waals surface area contributed by atoms with Crippen LogP contribution >= 0.6 is 0 Å². The molecule has 0 atom stereocenters. The third kappa shape index (κ3) is 2.79. The third-order valence-electron chi connectivity index (χ3n) is 7.14. The fourth-order valence-corrected chi connectivity index (χ4v) is 5.53. The highest BCUT2D eigenvalue weighted by Gasteiger charge is 2.25. The largest absolute Gasteiger partial charge is 0.454 e. The molecule has 0 spiro atoms. The topological polar surface area (TPSA) is 96.7 Å². The number of aromatic nitrogens is 4. The van der Waals surface area contributed by atoms with E-state index in [9.17, 15) is 9.59 Å². The van der Waals surface area contributed by atoms with E-state index in [-0.39, 0.29) is 17.0 Å². The fourth-order valence-electron chi connectivity index (χ4n) is 5.53. The molecule has 4 heterocycles. The van der Waals surface area contributed by atoms with Crippen LogP contribution in [0.15, 0.2) is 68.7 Å². The van der Waals surface area contributed by atoms with Crippen LogP contribution in [0.2, 0.25) is 0 Å². The first-order valence-corrected chi connectivity index (χ1v) is 11.8. The number of pyridine rings is 2. The van der Waals surface area contributed by atoms with Crippen molar-refractivity contribution in [3.63, 3.8) is 0 Å². The van der Waals surface area contributed by atoms with Gasteiger partial charge in [-0.3, -0.25) is 24.4 Å². The summed E-state index contributed by atoms with van der Waals surface area (Å²) in [6.07, 6.45) is 7.38. The number of nitrogens with one attached hydrogen (secondary N) is 2. The summed E-state index contributed by atoms with van der Waals surface area (Å²) in [5.41, 5.74) is 4.86. The molecule has 6 aromatic rings. The second-order valence-corrected chi connectivity index (χ2v) is 9.20. The second-order valence-electron chi connectivity index (χ2n) is 9.20. The molecule has 0 bridgehead atoms. The maximum Gasteiger partial charge on any atom is 0.274 e. The predicted molar refractivity (Wildman–Crippen MR) is 133 cm³/mol. The SMILES string of the molecule is O=c1ccc2c(c1)oc1c(-c3ccc4ncccc4c3)c3c(=O)[nH]n(C4CCCCC4)c3[nH]c12. The van der Waals surface area contributed by atoms with Crippen LogP contribution < -0.4 is 11.0 Å². The van der Waals surface area contributed by atoms with Gasteiger partial charge in [-0.25, -0.2) is 0 Å².